The molecule has 0 aliphatic carbocycles. The number of carbonyl (C=O) groups excluding carboxylic acids is 1. The number of aliphatic carboxylic acids is 1. The number of aliphatic hydroxyl groups is 1. The summed E-state index contributed by atoms with van der Waals surface area (Å²) >= 11 is 0. The van der Waals surface area contributed by atoms with E-state index in [1.807, 2.05) is 0 Å². The van der Waals surface area contributed by atoms with Crippen LogP contribution in [-0.4, -0.2) is 41.4 Å². The molecule has 0 saturated carbocycles. The van der Waals surface area contributed by atoms with E-state index in [9.17, 15) is 9.59 Å². The first-order valence-corrected chi connectivity index (χ1v) is 4.32. The zero-order valence-electron chi connectivity index (χ0n) is 7.81. The van der Waals surface area contributed by atoms with Crippen molar-refractivity contribution in [3.63, 3.8) is 0 Å². The summed E-state index contributed by atoms with van der Waals surface area (Å²) in [5.41, 5.74) is 5.11. The van der Waals surface area contributed by atoms with Gasteiger partial charge >= 0.3 is 11.9 Å². The van der Waals surface area contributed by atoms with Gasteiger partial charge in [-0.1, -0.05) is 0 Å². The molecule has 0 aromatic rings. The van der Waals surface area contributed by atoms with Gasteiger partial charge in [0.2, 0.25) is 0 Å². The minimum Gasteiger partial charge on any atom is -0.480 e. The summed E-state index contributed by atoms with van der Waals surface area (Å²) in [5, 5.41) is 16.8. The second-order valence-corrected chi connectivity index (χ2v) is 2.80. The Labute approximate surface area is 81.7 Å². The van der Waals surface area contributed by atoms with Gasteiger partial charge in [0.15, 0.2) is 0 Å². The highest BCUT2D eigenvalue weighted by Crippen LogP contribution is 1.95. The molecule has 0 unspecified atom stereocenters. The van der Waals surface area contributed by atoms with E-state index in [1.165, 1.54) is 0 Å². The van der Waals surface area contributed by atoms with Crippen LogP contribution in [0.4, 0.5) is 0 Å². The quantitative estimate of drug-likeness (QED) is 0.367. The molecular formula is C8H15NO5. The van der Waals surface area contributed by atoms with Gasteiger partial charge < -0.3 is 20.7 Å². The van der Waals surface area contributed by atoms with E-state index in [2.05, 4.69) is 4.74 Å². The van der Waals surface area contributed by atoms with Gasteiger partial charge in [0.1, 0.15) is 6.04 Å². The highest BCUT2D eigenvalue weighted by atomic mass is 16.5. The number of hydrogen-bond acceptors (Lipinski definition) is 5. The van der Waals surface area contributed by atoms with Crippen LogP contribution in [0, 0.1) is 0 Å². The number of aliphatic hydroxyl groups excluding tert-OH is 1. The van der Waals surface area contributed by atoms with Gasteiger partial charge in [-0.15, -0.1) is 0 Å². The van der Waals surface area contributed by atoms with Gasteiger partial charge in [0.25, 0.3) is 0 Å². The number of esters is 1. The minimum atomic E-state index is -1.22. The lowest BCUT2D eigenvalue weighted by atomic mass is 10.2. The predicted molar refractivity (Wildman–Crippen MR) is 47.5 cm³/mol. The Morgan fingerprint density at radius 1 is 1.36 bits per heavy atom. The zero-order chi connectivity index (χ0) is 11.0. The van der Waals surface area contributed by atoms with Crippen molar-refractivity contribution >= 4 is 11.9 Å². The predicted octanol–water partition coefficient (Wildman–Crippen LogP) is -0.896. The molecule has 0 aromatic carbocycles. The zero-order valence-corrected chi connectivity index (χ0v) is 7.81. The van der Waals surface area contributed by atoms with Crippen molar-refractivity contribution in [2.75, 3.05) is 13.2 Å². The molecule has 0 aliphatic heterocycles. The average Bonchev–Trinajstić information content (AvgIpc) is 2.12. The first-order chi connectivity index (χ1) is 6.57. The smallest absolute Gasteiger partial charge is 0.321 e. The molecule has 0 aromatic heterocycles. The van der Waals surface area contributed by atoms with Crippen LogP contribution in [0.15, 0.2) is 0 Å². The van der Waals surface area contributed by atoms with Gasteiger partial charge in [0.05, 0.1) is 13.0 Å². The average molecular weight is 205 g/mol. The molecule has 0 saturated heterocycles. The summed E-state index contributed by atoms with van der Waals surface area (Å²) in [6.45, 7) is 0.234. The lowest BCUT2D eigenvalue weighted by Crippen LogP contribution is -2.33. The standard InChI is InChI=1S/C8H15NO5/c9-6(8(12)13)5-7(11)14-4-2-1-3-10/h6,10H,1-5,9H2,(H,12,13)/t6-/m0/s1. The first kappa shape index (κ1) is 12.9. The summed E-state index contributed by atoms with van der Waals surface area (Å²) in [6, 6.07) is -1.21. The van der Waals surface area contributed by atoms with E-state index in [0.717, 1.165) is 0 Å². The topological polar surface area (TPSA) is 110 Å². The summed E-state index contributed by atoms with van der Waals surface area (Å²) in [5.74, 6) is -1.85. The van der Waals surface area contributed by atoms with Gasteiger partial charge in [-0.25, -0.2) is 0 Å². The maximum Gasteiger partial charge on any atom is 0.321 e. The lowest BCUT2D eigenvalue weighted by Gasteiger charge is -2.06. The maximum atomic E-state index is 10.9. The second-order valence-electron chi connectivity index (χ2n) is 2.80. The van der Waals surface area contributed by atoms with Crippen LogP contribution < -0.4 is 5.73 Å². The molecule has 1 atom stereocenters. The first-order valence-electron chi connectivity index (χ1n) is 4.32. The molecule has 6 heteroatoms. The molecular weight excluding hydrogens is 190 g/mol. The Kier molecular flexibility index (Phi) is 6.69. The second kappa shape index (κ2) is 7.28. The van der Waals surface area contributed by atoms with Gasteiger partial charge in [-0.05, 0) is 12.8 Å². The number of rotatable bonds is 7. The summed E-state index contributed by atoms with van der Waals surface area (Å²) in [7, 11) is 0. The van der Waals surface area contributed by atoms with Crippen LogP contribution >= 0.6 is 0 Å². The Morgan fingerprint density at radius 2 is 2.00 bits per heavy atom. The maximum absolute atomic E-state index is 10.9. The van der Waals surface area contributed by atoms with Crippen molar-refractivity contribution in [2.24, 2.45) is 5.73 Å². The highest BCUT2D eigenvalue weighted by molar-refractivity contribution is 5.81. The Hall–Kier alpha value is -1.14. The fourth-order valence-corrected chi connectivity index (χ4v) is 0.726. The number of carboxylic acids is 1. The molecule has 0 aliphatic rings. The number of carboxylic acid groups (broad SMARTS) is 1. The molecule has 0 amide bonds. The molecule has 0 spiro atoms. The van der Waals surface area contributed by atoms with Gasteiger partial charge in [-0.2, -0.15) is 0 Å². The largest absolute Gasteiger partial charge is 0.480 e. The van der Waals surface area contributed by atoms with Crippen molar-refractivity contribution in [1.82, 2.24) is 0 Å². The normalized spacial score (nSPS) is 12.1. The van der Waals surface area contributed by atoms with E-state index in [1.54, 1.807) is 0 Å². The fraction of sp³-hybridized carbons (Fsp3) is 0.750. The third-order valence-electron chi connectivity index (χ3n) is 1.52. The van der Waals surface area contributed by atoms with Crippen molar-refractivity contribution < 1.29 is 24.5 Å². The van der Waals surface area contributed by atoms with Crippen LogP contribution in [0.5, 0.6) is 0 Å². The molecule has 0 rings (SSSR count). The number of carbonyl (C=O) groups is 2. The third-order valence-corrected chi connectivity index (χ3v) is 1.52. The Bertz CT molecular complexity index is 194. The number of hydrogen-bond donors (Lipinski definition) is 3. The van der Waals surface area contributed by atoms with Crippen molar-refractivity contribution in [2.45, 2.75) is 25.3 Å². The monoisotopic (exact) mass is 205 g/mol. The van der Waals surface area contributed by atoms with Crippen LogP contribution in [-0.2, 0) is 14.3 Å². The van der Waals surface area contributed by atoms with Crippen molar-refractivity contribution in [1.29, 1.82) is 0 Å². The molecule has 14 heavy (non-hydrogen) atoms. The van der Waals surface area contributed by atoms with Crippen LogP contribution in [0.1, 0.15) is 19.3 Å². The molecule has 0 bridgehead atoms. The van der Waals surface area contributed by atoms with E-state index in [4.69, 9.17) is 15.9 Å². The van der Waals surface area contributed by atoms with Crippen LogP contribution in [0.25, 0.3) is 0 Å². The van der Waals surface area contributed by atoms with E-state index in [0.29, 0.717) is 12.8 Å². The highest BCUT2D eigenvalue weighted by Gasteiger charge is 2.16. The fourth-order valence-electron chi connectivity index (χ4n) is 0.726. The van der Waals surface area contributed by atoms with E-state index < -0.39 is 18.0 Å². The minimum absolute atomic E-state index is 0.0478. The molecule has 4 N–H and O–H groups in total. The molecule has 0 heterocycles. The third kappa shape index (κ3) is 6.38. The van der Waals surface area contributed by atoms with Crippen LogP contribution in [0.3, 0.4) is 0 Å². The Morgan fingerprint density at radius 3 is 2.50 bits per heavy atom. The summed E-state index contributed by atoms with van der Waals surface area (Å²) < 4.78 is 4.67. The van der Waals surface area contributed by atoms with Gasteiger partial charge in [0, 0.05) is 6.61 Å². The number of unbranched alkanes of at least 4 members (excludes halogenated alkanes) is 1. The summed E-state index contributed by atoms with van der Waals surface area (Å²) in [6.07, 6.45) is 0.789. The lowest BCUT2D eigenvalue weighted by molar-refractivity contribution is -0.148. The van der Waals surface area contributed by atoms with Crippen molar-refractivity contribution in [3.05, 3.63) is 0 Å². The van der Waals surface area contributed by atoms with Crippen molar-refractivity contribution in [3.8, 4) is 0 Å². The SMILES string of the molecule is N[C@@H](CC(=O)OCCCCO)C(=O)O. The molecule has 0 fully saturated rings. The molecule has 0 radical (unpaired) electrons. The number of ether oxygens (including phenoxy) is 1. The molecule has 82 valence electrons. The summed E-state index contributed by atoms with van der Waals surface area (Å²) in [4.78, 5) is 21.1. The van der Waals surface area contributed by atoms with E-state index in [-0.39, 0.29) is 19.6 Å². The molecule has 6 nitrogen and oxygen atoms in total. The van der Waals surface area contributed by atoms with E-state index >= 15 is 0 Å². The van der Waals surface area contributed by atoms with Crippen LogP contribution in [0.2, 0.25) is 0 Å². The number of nitrogens with two attached hydrogens (primary N) is 1. The van der Waals surface area contributed by atoms with Gasteiger partial charge in [-0.3, -0.25) is 9.59 Å². The Balaban J connectivity index is 3.50.